The molecule has 0 aliphatic carbocycles. The largest absolute Gasteiger partial charge is 0.361 e. The Bertz CT molecular complexity index is 728. The van der Waals surface area contributed by atoms with Crippen molar-refractivity contribution in [2.45, 2.75) is 0 Å². The fourth-order valence-electron chi connectivity index (χ4n) is 2.62. The van der Waals surface area contributed by atoms with Crippen LogP contribution in [0.4, 0.5) is 22.1 Å². The highest BCUT2D eigenvalue weighted by Crippen LogP contribution is 2.21. The summed E-state index contributed by atoms with van der Waals surface area (Å²) in [6.45, 7) is 2.67. The highest BCUT2D eigenvalue weighted by atomic mass is 35.5. The minimum Gasteiger partial charge on any atom is -0.361 e. The van der Waals surface area contributed by atoms with Crippen molar-refractivity contribution in [3.05, 3.63) is 41.4 Å². The Morgan fingerprint density at radius 1 is 1.08 bits per heavy atom. The molecule has 2 heterocycles. The average Bonchev–Trinajstić information content (AvgIpc) is 2.64. The van der Waals surface area contributed by atoms with Gasteiger partial charge in [0.2, 0.25) is 0 Å². The number of carbonyl (C=O) groups excluding carboxylic acids is 1. The number of nitrogens with one attached hydrogen (secondary N) is 1. The SMILES string of the molecule is CN(C)c1ccc(N2CCN(C(=O)Nc3ccccc3Cl)CC2)nn1. The van der Waals surface area contributed by atoms with Crippen LogP contribution in [0.2, 0.25) is 5.02 Å². The predicted octanol–water partition coefficient (Wildman–Crippen LogP) is 2.55. The van der Waals surface area contributed by atoms with Gasteiger partial charge in [-0.05, 0) is 24.3 Å². The highest BCUT2D eigenvalue weighted by Gasteiger charge is 2.22. The summed E-state index contributed by atoms with van der Waals surface area (Å²) >= 11 is 6.09. The topological polar surface area (TPSA) is 64.6 Å². The zero-order valence-electron chi connectivity index (χ0n) is 14.3. The third-order valence-corrected chi connectivity index (χ3v) is 4.43. The van der Waals surface area contributed by atoms with E-state index in [-0.39, 0.29) is 6.03 Å². The van der Waals surface area contributed by atoms with Crippen molar-refractivity contribution in [1.82, 2.24) is 15.1 Å². The molecule has 3 rings (SSSR count). The van der Waals surface area contributed by atoms with Gasteiger partial charge in [-0.1, -0.05) is 23.7 Å². The number of hydrogen-bond acceptors (Lipinski definition) is 5. The van der Waals surface area contributed by atoms with Crippen molar-refractivity contribution in [1.29, 1.82) is 0 Å². The molecule has 8 heteroatoms. The second-order valence-electron chi connectivity index (χ2n) is 6.03. The number of aromatic nitrogens is 2. The molecule has 1 saturated heterocycles. The van der Waals surface area contributed by atoms with Crippen LogP contribution >= 0.6 is 11.6 Å². The minimum atomic E-state index is -0.137. The summed E-state index contributed by atoms with van der Waals surface area (Å²) in [6.07, 6.45) is 0. The second-order valence-corrected chi connectivity index (χ2v) is 6.44. The van der Waals surface area contributed by atoms with Crippen LogP contribution in [0.3, 0.4) is 0 Å². The summed E-state index contributed by atoms with van der Waals surface area (Å²) in [5.74, 6) is 1.65. The number of rotatable bonds is 3. The van der Waals surface area contributed by atoms with E-state index in [1.165, 1.54) is 0 Å². The molecule has 0 bridgehead atoms. The Morgan fingerprint density at radius 2 is 1.80 bits per heavy atom. The molecule has 1 aromatic heterocycles. The Balaban J connectivity index is 1.56. The molecular formula is C17H21ClN6O. The molecule has 1 aliphatic rings. The van der Waals surface area contributed by atoms with Crippen molar-refractivity contribution in [2.75, 3.05) is 55.4 Å². The van der Waals surface area contributed by atoms with E-state index < -0.39 is 0 Å². The van der Waals surface area contributed by atoms with Gasteiger partial charge in [0.15, 0.2) is 11.6 Å². The number of nitrogens with zero attached hydrogens (tertiary/aromatic N) is 5. The van der Waals surface area contributed by atoms with Gasteiger partial charge in [-0.15, -0.1) is 10.2 Å². The third kappa shape index (κ3) is 4.11. The molecule has 25 heavy (non-hydrogen) atoms. The zero-order chi connectivity index (χ0) is 17.8. The molecule has 0 atom stereocenters. The lowest BCUT2D eigenvalue weighted by molar-refractivity contribution is 0.208. The maximum Gasteiger partial charge on any atom is 0.322 e. The summed E-state index contributed by atoms with van der Waals surface area (Å²) < 4.78 is 0. The van der Waals surface area contributed by atoms with E-state index in [0.29, 0.717) is 36.9 Å². The summed E-state index contributed by atoms with van der Waals surface area (Å²) in [7, 11) is 3.86. The standard InChI is InChI=1S/C17H21ClN6O/c1-22(2)15-7-8-16(21-20-15)23-9-11-24(12-10-23)17(25)19-14-6-4-3-5-13(14)18/h3-8H,9-12H2,1-2H3,(H,19,25). The first-order chi connectivity index (χ1) is 12.0. The molecule has 0 unspecified atom stereocenters. The Kier molecular flexibility index (Phi) is 5.23. The van der Waals surface area contributed by atoms with Gasteiger partial charge in [0, 0.05) is 40.3 Å². The molecule has 0 spiro atoms. The van der Waals surface area contributed by atoms with Gasteiger partial charge in [-0.2, -0.15) is 0 Å². The van der Waals surface area contributed by atoms with Crippen LogP contribution in [0.25, 0.3) is 0 Å². The number of amides is 2. The summed E-state index contributed by atoms with van der Waals surface area (Å²) in [5, 5.41) is 11.9. The average molecular weight is 361 g/mol. The molecule has 1 fully saturated rings. The molecule has 1 aliphatic heterocycles. The Morgan fingerprint density at radius 3 is 2.40 bits per heavy atom. The first kappa shape index (κ1) is 17.3. The first-order valence-corrected chi connectivity index (χ1v) is 8.49. The highest BCUT2D eigenvalue weighted by molar-refractivity contribution is 6.33. The minimum absolute atomic E-state index is 0.137. The van der Waals surface area contributed by atoms with Gasteiger partial charge in [0.05, 0.1) is 10.7 Å². The van der Waals surface area contributed by atoms with E-state index in [9.17, 15) is 4.79 Å². The number of hydrogen-bond donors (Lipinski definition) is 1. The summed E-state index contributed by atoms with van der Waals surface area (Å²) in [4.78, 5) is 18.2. The lowest BCUT2D eigenvalue weighted by atomic mass is 10.3. The van der Waals surface area contributed by atoms with Crippen LogP contribution in [0.15, 0.2) is 36.4 Å². The molecule has 1 N–H and O–H groups in total. The van der Waals surface area contributed by atoms with Gasteiger partial charge in [-0.25, -0.2) is 4.79 Å². The number of carbonyl (C=O) groups is 1. The molecule has 2 aromatic rings. The Hall–Kier alpha value is -2.54. The molecule has 0 radical (unpaired) electrons. The van der Waals surface area contributed by atoms with Gasteiger partial charge in [0.25, 0.3) is 0 Å². The number of urea groups is 1. The van der Waals surface area contributed by atoms with Crippen LogP contribution in [0.1, 0.15) is 0 Å². The zero-order valence-corrected chi connectivity index (χ0v) is 15.1. The quantitative estimate of drug-likeness (QED) is 0.911. The lowest BCUT2D eigenvalue weighted by Crippen LogP contribution is -2.50. The van der Waals surface area contributed by atoms with E-state index in [0.717, 1.165) is 11.6 Å². The molecule has 2 amide bonds. The fraction of sp³-hybridized carbons (Fsp3) is 0.353. The van der Waals surface area contributed by atoms with Crippen molar-refractivity contribution in [2.24, 2.45) is 0 Å². The van der Waals surface area contributed by atoms with Crippen LogP contribution in [-0.2, 0) is 0 Å². The van der Waals surface area contributed by atoms with Crippen molar-refractivity contribution in [3.8, 4) is 0 Å². The fourth-order valence-corrected chi connectivity index (χ4v) is 2.80. The van der Waals surface area contributed by atoms with Crippen LogP contribution in [0.5, 0.6) is 0 Å². The summed E-state index contributed by atoms with van der Waals surface area (Å²) in [6, 6.07) is 11.0. The predicted molar refractivity (Wildman–Crippen MR) is 101 cm³/mol. The van der Waals surface area contributed by atoms with Gasteiger partial charge in [-0.3, -0.25) is 0 Å². The first-order valence-electron chi connectivity index (χ1n) is 8.11. The van der Waals surface area contributed by atoms with Crippen LogP contribution < -0.4 is 15.1 Å². The molecule has 132 valence electrons. The summed E-state index contributed by atoms with van der Waals surface area (Å²) in [5.41, 5.74) is 0.627. The van der Waals surface area contributed by atoms with Gasteiger partial charge < -0.3 is 20.0 Å². The number of benzene rings is 1. The maximum atomic E-state index is 12.4. The van der Waals surface area contributed by atoms with Crippen molar-refractivity contribution >= 4 is 35.0 Å². The molecular weight excluding hydrogens is 340 g/mol. The maximum absolute atomic E-state index is 12.4. The Labute approximate surface area is 152 Å². The number of halogens is 1. The number of anilines is 3. The van der Waals surface area contributed by atoms with Crippen molar-refractivity contribution in [3.63, 3.8) is 0 Å². The molecule has 7 nitrogen and oxygen atoms in total. The number of para-hydroxylation sites is 1. The van der Waals surface area contributed by atoms with E-state index in [1.54, 1.807) is 17.0 Å². The van der Waals surface area contributed by atoms with E-state index in [4.69, 9.17) is 11.6 Å². The molecule has 1 aromatic carbocycles. The van der Waals surface area contributed by atoms with E-state index >= 15 is 0 Å². The van der Waals surface area contributed by atoms with Crippen molar-refractivity contribution < 1.29 is 4.79 Å². The monoisotopic (exact) mass is 360 g/mol. The molecule has 0 saturated carbocycles. The van der Waals surface area contributed by atoms with Gasteiger partial charge in [0.1, 0.15) is 0 Å². The van der Waals surface area contributed by atoms with Crippen LogP contribution in [0, 0.1) is 0 Å². The van der Waals surface area contributed by atoms with E-state index in [2.05, 4.69) is 20.4 Å². The van der Waals surface area contributed by atoms with Gasteiger partial charge >= 0.3 is 6.03 Å². The van der Waals surface area contributed by atoms with E-state index in [1.807, 2.05) is 43.3 Å². The van der Waals surface area contributed by atoms with Crippen LogP contribution in [-0.4, -0.2) is 61.4 Å². The normalized spacial score (nSPS) is 14.4. The number of piperazine rings is 1. The third-order valence-electron chi connectivity index (χ3n) is 4.10. The lowest BCUT2D eigenvalue weighted by Gasteiger charge is -2.35. The smallest absolute Gasteiger partial charge is 0.322 e. The second kappa shape index (κ2) is 7.57.